The molecule has 6 heteroatoms. The zero-order chi connectivity index (χ0) is 14.6. The Morgan fingerprint density at radius 3 is 2.70 bits per heavy atom. The van der Waals surface area contributed by atoms with Gasteiger partial charge in [-0.15, -0.1) is 0 Å². The van der Waals surface area contributed by atoms with Gasteiger partial charge in [0, 0.05) is 29.1 Å². The Bertz CT molecular complexity index is 581. The minimum Gasteiger partial charge on any atom is -0.481 e. The molecule has 5 nitrogen and oxygen atoms in total. The SMILES string of the molecule is CC(C)(CCC(=O)O)Nc1nc(-c2ccccc2)ns1. The van der Waals surface area contributed by atoms with E-state index in [0.29, 0.717) is 17.4 Å². The van der Waals surface area contributed by atoms with Crippen LogP contribution in [0.25, 0.3) is 11.4 Å². The number of nitrogens with one attached hydrogen (secondary N) is 1. The number of nitrogens with zero attached hydrogens (tertiary/aromatic N) is 2. The van der Waals surface area contributed by atoms with Crippen LogP contribution in [0.4, 0.5) is 5.13 Å². The molecule has 106 valence electrons. The third kappa shape index (κ3) is 4.03. The van der Waals surface area contributed by atoms with E-state index in [2.05, 4.69) is 14.7 Å². The van der Waals surface area contributed by atoms with Gasteiger partial charge >= 0.3 is 5.97 Å². The van der Waals surface area contributed by atoms with Crippen LogP contribution in [0, 0.1) is 0 Å². The summed E-state index contributed by atoms with van der Waals surface area (Å²) in [5.41, 5.74) is 0.645. The summed E-state index contributed by atoms with van der Waals surface area (Å²) in [4.78, 5) is 15.1. The highest BCUT2D eigenvalue weighted by Crippen LogP contribution is 2.25. The summed E-state index contributed by atoms with van der Waals surface area (Å²) >= 11 is 1.29. The molecule has 0 saturated heterocycles. The monoisotopic (exact) mass is 291 g/mol. The zero-order valence-electron chi connectivity index (χ0n) is 11.5. The van der Waals surface area contributed by atoms with Crippen molar-refractivity contribution < 1.29 is 9.90 Å². The maximum Gasteiger partial charge on any atom is 0.303 e. The molecule has 2 N–H and O–H groups in total. The van der Waals surface area contributed by atoms with E-state index in [0.717, 1.165) is 5.56 Å². The molecule has 0 atom stereocenters. The number of hydrogen-bond donors (Lipinski definition) is 2. The fraction of sp³-hybridized carbons (Fsp3) is 0.357. The number of carboxylic acid groups (broad SMARTS) is 1. The second-order valence-electron chi connectivity index (χ2n) is 5.19. The van der Waals surface area contributed by atoms with Gasteiger partial charge in [0.2, 0.25) is 5.13 Å². The summed E-state index contributed by atoms with van der Waals surface area (Å²) in [5.74, 6) is -0.103. The molecule has 20 heavy (non-hydrogen) atoms. The topological polar surface area (TPSA) is 75.1 Å². The lowest BCUT2D eigenvalue weighted by Gasteiger charge is -2.24. The number of aliphatic carboxylic acids is 1. The molecule has 0 amide bonds. The molecule has 0 spiro atoms. The second-order valence-corrected chi connectivity index (χ2v) is 5.94. The molecule has 0 fully saturated rings. The molecular formula is C14H17N3O2S. The Morgan fingerprint density at radius 2 is 2.05 bits per heavy atom. The largest absolute Gasteiger partial charge is 0.481 e. The Morgan fingerprint density at radius 1 is 1.35 bits per heavy atom. The van der Waals surface area contributed by atoms with E-state index in [1.165, 1.54) is 11.5 Å². The highest BCUT2D eigenvalue weighted by Gasteiger charge is 2.20. The summed E-state index contributed by atoms with van der Waals surface area (Å²) < 4.78 is 4.32. The number of carboxylic acids is 1. The fourth-order valence-electron chi connectivity index (χ4n) is 1.75. The van der Waals surface area contributed by atoms with Gasteiger partial charge in [0.05, 0.1) is 0 Å². The van der Waals surface area contributed by atoms with E-state index in [1.54, 1.807) is 0 Å². The number of anilines is 1. The minimum absolute atomic E-state index is 0.129. The molecule has 1 aromatic carbocycles. The van der Waals surface area contributed by atoms with Gasteiger partial charge in [0.15, 0.2) is 5.82 Å². The highest BCUT2D eigenvalue weighted by molar-refractivity contribution is 7.09. The smallest absolute Gasteiger partial charge is 0.303 e. The molecule has 0 aliphatic heterocycles. The molecule has 0 aliphatic carbocycles. The molecular weight excluding hydrogens is 274 g/mol. The number of hydrogen-bond acceptors (Lipinski definition) is 5. The lowest BCUT2D eigenvalue weighted by atomic mass is 9.99. The van der Waals surface area contributed by atoms with Crippen LogP contribution >= 0.6 is 11.5 Å². The van der Waals surface area contributed by atoms with Crippen molar-refractivity contribution in [1.82, 2.24) is 9.36 Å². The van der Waals surface area contributed by atoms with E-state index in [9.17, 15) is 4.79 Å². The second kappa shape index (κ2) is 6.00. The van der Waals surface area contributed by atoms with Crippen molar-refractivity contribution in [3.63, 3.8) is 0 Å². The fourth-order valence-corrected chi connectivity index (χ4v) is 2.52. The molecule has 0 aliphatic rings. The van der Waals surface area contributed by atoms with Crippen molar-refractivity contribution in [3.8, 4) is 11.4 Å². The van der Waals surface area contributed by atoms with Gasteiger partial charge in [0.1, 0.15) is 0 Å². The van der Waals surface area contributed by atoms with Crippen LogP contribution < -0.4 is 5.32 Å². The molecule has 0 saturated carbocycles. The van der Waals surface area contributed by atoms with Crippen LogP contribution in [0.2, 0.25) is 0 Å². The van der Waals surface area contributed by atoms with E-state index < -0.39 is 5.97 Å². The Hall–Kier alpha value is -1.95. The van der Waals surface area contributed by atoms with Crippen molar-refractivity contribution in [2.45, 2.75) is 32.2 Å². The normalized spacial score (nSPS) is 11.3. The van der Waals surface area contributed by atoms with Gasteiger partial charge in [-0.25, -0.2) is 0 Å². The molecule has 0 bridgehead atoms. The van der Waals surface area contributed by atoms with Gasteiger partial charge in [-0.05, 0) is 20.3 Å². The molecule has 0 unspecified atom stereocenters. The number of rotatable bonds is 6. The van der Waals surface area contributed by atoms with Crippen LogP contribution in [-0.2, 0) is 4.79 Å². The Labute approximate surface area is 121 Å². The maximum atomic E-state index is 10.6. The zero-order valence-corrected chi connectivity index (χ0v) is 12.3. The van der Waals surface area contributed by atoms with Crippen LogP contribution in [0.15, 0.2) is 30.3 Å². The standard InChI is InChI=1S/C14H17N3O2S/c1-14(2,9-8-11(18)19)16-13-15-12(17-20-13)10-6-4-3-5-7-10/h3-7H,8-9H2,1-2H3,(H,18,19)(H,15,16,17). The average Bonchev–Trinajstić information content (AvgIpc) is 2.85. The van der Waals surface area contributed by atoms with Gasteiger partial charge in [0.25, 0.3) is 0 Å². The van der Waals surface area contributed by atoms with Gasteiger partial charge in [-0.1, -0.05) is 30.3 Å². The van der Waals surface area contributed by atoms with Gasteiger partial charge < -0.3 is 10.4 Å². The van der Waals surface area contributed by atoms with Gasteiger partial charge in [-0.3, -0.25) is 4.79 Å². The summed E-state index contributed by atoms with van der Waals surface area (Å²) in [6.45, 7) is 3.92. The summed E-state index contributed by atoms with van der Waals surface area (Å²) in [5, 5.41) is 12.7. The predicted octanol–water partition coefficient (Wildman–Crippen LogP) is 3.26. The van der Waals surface area contributed by atoms with E-state index >= 15 is 0 Å². The first-order valence-corrected chi connectivity index (χ1v) is 7.13. The third-order valence-electron chi connectivity index (χ3n) is 2.87. The first-order chi connectivity index (χ1) is 9.46. The Kier molecular flexibility index (Phi) is 4.34. The molecule has 2 aromatic rings. The number of carbonyl (C=O) groups is 1. The summed E-state index contributed by atoms with van der Waals surface area (Å²) in [7, 11) is 0. The van der Waals surface area contributed by atoms with Crippen molar-refractivity contribution in [1.29, 1.82) is 0 Å². The van der Waals surface area contributed by atoms with Gasteiger partial charge in [-0.2, -0.15) is 9.36 Å². The van der Waals surface area contributed by atoms with Crippen molar-refractivity contribution in [3.05, 3.63) is 30.3 Å². The molecule has 1 heterocycles. The quantitative estimate of drug-likeness (QED) is 0.854. The lowest BCUT2D eigenvalue weighted by Crippen LogP contribution is -2.31. The number of benzene rings is 1. The van der Waals surface area contributed by atoms with Crippen molar-refractivity contribution in [2.75, 3.05) is 5.32 Å². The molecule has 2 rings (SSSR count). The van der Waals surface area contributed by atoms with Crippen LogP contribution in [-0.4, -0.2) is 26.0 Å². The van der Waals surface area contributed by atoms with Crippen molar-refractivity contribution >= 4 is 22.6 Å². The van der Waals surface area contributed by atoms with Crippen LogP contribution in [0.1, 0.15) is 26.7 Å². The first kappa shape index (κ1) is 14.5. The number of aromatic nitrogens is 2. The van der Waals surface area contributed by atoms with Crippen LogP contribution in [0.5, 0.6) is 0 Å². The predicted molar refractivity (Wildman–Crippen MR) is 79.9 cm³/mol. The summed E-state index contributed by atoms with van der Waals surface area (Å²) in [6.07, 6.45) is 0.660. The van der Waals surface area contributed by atoms with E-state index in [4.69, 9.17) is 5.11 Å². The van der Waals surface area contributed by atoms with E-state index in [-0.39, 0.29) is 12.0 Å². The minimum atomic E-state index is -0.790. The summed E-state index contributed by atoms with van der Waals surface area (Å²) in [6, 6.07) is 9.76. The van der Waals surface area contributed by atoms with Crippen LogP contribution in [0.3, 0.4) is 0 Å². The molecule has 0 radical (unpaired) electrons. The molecule has 1 aromatic heterocycles. The maximum absolute atomic E-state index is 10.6. The Balaban J connectivity index is 2.04. The van der Waals surface area contributed by atoms with Crippen molar-refractivity contribution in [2.24, 2.45) is 0 Å². The first-order valence-electron chi connectivity index (χ1n) is 6.35. The lowest BCUT2D eigenvalue weighted by molar-refractivity contribution is -0.137. The highest BCUT2D eigenvalue weighted by atomic mass is 32.1. The van der Waals surface area contributed by atoms with E-state index in [1.807, 2.05) is 44.2 Å². The average molecular weight is 291 g/mol. The third-order valence-corrected chi connectivity index (χ3v) is 3.50.